The number of amides is 2. The van der Waals surface area contributed by atoms with Crippen LogP contribution in [0.15, 0.2) is 54.7 Å². The van der Waals surface area contributed by atoms with Gasteiger partial charge in [-0.15, -0.1) is 0 Å². The molecule has 0 bridgehead atoms. The summed E-state index contributed by atoms with van der Waals surface area (Å²) in [4.78, 5) is 26.5. The van der Waals surface area contributed by atoms with Gasteiger partial charge in [-0.1, -0.05) is 23.8 Å². The van der Waals surface area contributed by atoms with E-state index in [2.05, 4.69) is 10.4 Å². The lowest BCUT2D eigenvalue weighted by Crippen LogP contribution is -2.32. The van der Waals surface area contributed by atoms with Crippen LogP contribution < -0.4 is 10.2 Å². The number of nitrogens with one attached hydrogen (secondary N) is 1. The number of anilines is 1. The third-order valence-electron chi connectivity index (χ3n) is 4.71. The third kappa shape index (κ3) is 3.18. The van der Waals surface area contributed by atoms with Gasteiger partial charge in [0.25, 0.3) is 0 Å². The molecule has 6 heteroatoms. The number of rotatable bonds is 4. The molecule has 1 aliphatic rings. The number of aryl methyl sites for hydroxylation is 1. The van der Waals surface area contributed by atoms with Crippen molar-refractivity contribution < 1.29 is 9.59 Å². The first-order valence-electron chi connectivity index (χ1n) is 8.68. The first-order chi connectivity index (χ1) is 12.6. The van der Waals surface area contributed by atoms with Crippen molar-refractivity contribution in [1.82, 2.24) is 14.9 Å². The number of fused-ring (bicyclic) bond motifs is 1. The number of benzene rings is 1. The highest BCUT2D eigenvalue weighted by atomic mass is 16.2. The van der Waals surface area contributed by atoms with E-state index in [1.54, 1.807) is 9.42 Å². The summed E-state index contributed by atoms with van der Waals surface area (Å²) in [5.41, 5.74) is 3.76. The van der Waals surface area contributed by atoms with Crippen molar-refractivity contribution in [1.29, 1.82) is 0 Å². The lowest BCUT2D eigenvalue weighted by atomic mass is 10.1. The van der Waals surface area contributed by atoms with Crippen LogP contribution in [0.25, 0.3) is 5.52 Å². The lowest BCUT2D eigenvalue weighted by molar-refractivity contribution is -0.126. The van der Waals surface area contributed by atoms with Crippen molar-refractivity contribution in [2.24, 2.45) is 5.92 Å². The molecule has 2 amide bonds. The highest BCUT2D eigenvalue weighted by molar-refractivity contribution is 6.00. The summed E-state index contributed by atoms with van der Waals surface area (Å²) in [7, 11) is 0. The van der Waals surface area contributed by atoms with Crippen molar-refractivity contribution >= 4 is 23.0 Å². The molecule has 2 aromatic heterocycles. The van der Waals surface area contributed by atoms with Gasteiger partial charge >= 0.3 is 0 Å². The summed E-state index contributed by atoms with van der Waals surface area (Å²) in [5.74, 6) is -0.451. The van der Waals surface area contributed by atoms with Gasteiger partial charge in [-0.25, -0.2) is 4.52 Å². The Hall–Kier alpha value is -3.15. The van der Waals surface area contributed by atoms with Gasteiger partial charge in [0.15, 0.2) is 0 Å². The number of aromatic nitrogens is 2. The van der Waals surface area contributed by atoms with Crippen LogP contribution in [0.1, 0.15) is 17.7 Å². The highest BCUT2D eigenvalue weighted by Crippen LogP contribution is 2.25. The summed E-state index contributed by atoms with van der Waals surface area (Å²) >= 11 is 0. The summed E-state index contributed by atoms with van der Waals surface area (Å²) < 4.78 is 1.78. The van der Waals surface area contributed by atoms with Gasteiger partial charge in [-0.3, -0.25) is 9.59 Å². The van der Waals surface area contributed by atoms with Gasteiger partial charge in [0.05, 0.1) is 23.7 Å². The average Bonchev–Trinajstić information content (AvgIpc) is 3.23. The Morgan fingerprint density at radius 1 is 1.23 bits per heavy atom. The Bertz CT molecular complexity index is 928. The predicted molar refractivity (Wildman–Crippen MR) is 98.7 cm³/mol. The molecule has 4 rings (SSSR count). The molecule has 0 radical (unpaired) electrons. The van der Waals surface area contributed by atoms with Crippen LogP contribution in [0.4, 0.5) is 5.69 Å². The Labute approximate surface area is 151 Å². The van der Waals surface area contributed by atoms with Gasteiger partial charge in [0, 0.05) is 24.8 Å². The van der Waals surface area contributed by atoms with Crippen molar-refractivity contribution in [2.45, 2.75) is 19.9 Å². The number of nitrogens with zero attached hydrogens (tertiary/aromatic N) is 3. The number of carbonyl (C=O) groups excluding carboxylic acids is 2. The predicted octanol–water partition coefficient (Wildman–Crippen LogP) is 2.31. The Balaban J connectivity index is 1.39. The van der Waals surface area contributed by atoms with Crippen LogP contribution in [0, 0.1) is 12.8 Å². The van der Waals surface area contributed by atoms with E-state index in [4.69, 9.17) is 0 Å². The van der Waals surface area contributed by atoms with E-state index in [0.29, 0.717) is 13.1 Å². The maximum absolute atomic E-state index is 12.5. The molecule has 3 aromatic rings. The van der Waals surface area contributed by atoms with Gasteiger partial charge < -0.3 is 10.2 Å². The van der Waals surface area contributed by atoms with Crippen LogP contribution in [-0.2, 0) is 16.1 Å². The van der Waals surface area contributed by atoms with Crippen LogP contribution in [0.3, 0.4) is 0 Å². The van der Waals surface area contributed by atoms with E-state index >= 15 is 0 Å². The molecular weight excluding hydrogens is 328 g/mol. The monoisotopic (exact) mass is 348 g/mol. The lowest BCUT2D eigenvalue weighted by Gasteiger charge is -2.16. The zero-order valence-electron chi connectivity index (χ0n) is 14.6. The van der Waals surface area contributed by atoms with Gasteiger partial charge in [-0.2, -0.15) is 5.10 Å². The molecule has 0 saturated carbocycles. The molecular formula is C20H20N4O2. The number of hydrogen-bond acceptors (Lipinski definition) is 3. The van der Waals surface area contributed by atoms with E-state index in [1.165, 1.54) is 0 Å². The molecule has 1 fully saturated rings. The summed E-state index contributed by atoms with van der Waals surface area (Å²) in [6, 6.07) is 15.6. The zero-order valence-corrected chi connectivity index (χ0v) is 14.6. The Morgan fingerprint density at radius 3 is 2.81 bits per heavy atom. The number of hydrogen-bond donors (Lipinski definition) is 1. The average molecular weight is 348 g/mol. The van der Waals surface area contributed by atoms with E-state index in [1.807, 2.05) is 61.7 Å². The Kier molecular flexibility index (Phi) is 4.16. The molecule has 1 aliphatic heterocycles. The van der Waals surface area contributed by atoms with E-state index in [-0.39, 0.29) is 24.2 Å². The first kappa shape index (κ1) is 16.3. The fourth-order valence-electron chi connectivity index (χ4n) is 3.26. The van der Waals surface area contributed by atoms with Crippen LogP contribution in [0.5, 0.6) is 0 Å². The molecule has 6 nitrogen and oxygen atoms in total. The third-order valence-corrected chi connectivity index (χ3v) is 4.71. The summed E-state index contributed by atoms with van der Waals surface area (Å²) in [6.45, 7) is 2.78. The molecule has 0 aliphatic carbocycles. The standard InChI is InChI=1S/C20H20N4O2/c1-14-5-7-17(8-6-14)23-13-15(10-19(23)25)20(26)21-12-16-11-18-4-2-3-9-24(18)22-16/h2-9,11,15H,10,12-13H2,1H3,(H,21,26). The van der Waals surface area contributed by atoms with Crippen molar-refractivity contribution in [3.05, 3.63) is 66.0 Å². The minimum Gasteiger partial charge on any atom is -0.350 e. The molecule has 1 unspecified atom stereocenters. The Morgan fingerprint density at radius 2 is 2.04 bits per heavy atom. The SMILES string of the molecule is Cc1ccc(N2CC(C(=O)NCc3cc4ccccn4n3)CC2=O)cc1. The molecule has 1 aromatic carbocycles. The minimum atomic E-state index is -0.333. The molecule has 0 spiro atoms. The van der Waals surface area contributed by atoms with Crippen molar-refractivity contribution in [2.75, 3.05) is 11.4 Å². The van der Waals surface area contributed by atoms with Crippen LogP contribution in [-0.4, -0.2) is 28.0 Å². The normalized spacial score (nSPS) is 17.0. The van der Waals surface area contributed by atoms with Crippen LogP contribution >= 0.6 is 0 Å². The van der Waals surface area contributed by atoms with Gasteiger partial charge in [0.1, 0.15) is 0 Å². The zero-order chi connectivity index (χ0) is 18.1. The van der Waals surface area contributed by atoms with E-state index in [0.717, 1.165) is 22.5 Å². The largest absolute Gasteiger partial charge is 0.350 e. The molecule has 3 heterocycles. The van der Waals surface area contributed by atoms with Crippen molar-refractivity contribution in [3.63, 3.8) is 0 Å². The first-order valence-corrected chi connectivity index (χ1v) is 8.68. The number of pyridine rings is 1. The van der Waals surface area contributed by atoms with Gasteiger partial charge in [-0.05, 0) is 37.3 Å². The topological polar surface area (TPSA) is 66.7 Å². The fraction of sp³-hybridized carbons (Fsp3) is 0.250. The molecule has 132 valence electrons. The summed E-state index contributed by atoms with van der Waals surface area (Å²) in [6.07, 6.45) is 2.11. The highest BCUT2D eigenvalue weighted by Gasteiger charge is 2.35. The molecule has 1 atom stereocenters. The quantitative estimate of drug-likeness (QED) is 0.787. The summed E-state index contributed by atoms with van der Waals surface area (Å²) in [5, 5.41) is 7.33. The molecule has 26 heavy (non-hydrogen) atoms. The maximum atomic E-state index is 12.5. The minimum absolute atomic E-state index is 0.0123. The smallest absolute Gasteiger partial charge is 0.227 e. The van der Waals surface area contributed by atoms with E-state index in [9.17, 15) is 9.59 Å². The van der Waals surface area contributed by atoms with Crippen molar-refractivity contribution in [3.8, 4) is 0 Å². The fourth-order valence-corrected chi connectivity index (χ4v) is 3.26. The second-order valence-electron chi connectivity index (χ2n) is 6.66. The van der Waals surface area contributed by atoms with E-state index < -0.39 is 0 Å². The second kappa shape index (κ2) is 6.63. The molecule has 1 N–H and O–H groups in total. The number of carbonyl (C=O) groups is 2. The maximum Gasteiger partial charge on any atom is 0.227 e. The molecule has 1 saturated heterocycles. The van der Waals surface area contributed by atoms with Crippen LogP contribution in [0.2, 0.25) is 0 Å². The second-order valence-corrected chi connectivity index (χ2v) is 6.66. The van der Waals surface area contributed by atoms with Gasteiger partial charge in [0.2, 0.25) is 11.8 Å².